The van der Waals surface area contributed by atoms with Crippen LogP contribution in [0.15, 0.2) is 48.5 Å². The Hall–Kier alpha value is -3.15. The third-order valence-electron chi connectivity index (χ3n) is 5.54. The van der Waals surface area contributed by atoms with E-state index in [9.17, 15) is 14.4 Å². The Morgan fingerprint density at radius 3 is 2.10 bits per heavy atom. The van der Waals surface area contributed by atoms with E-state index in [0.29, 0.717) is 29.8 Å². The maximum absolute atomic E-state index is 12.5. The molecule has 0 spiro atoms. The van der Waals surface area contributed by atoms with Crippen molar-refractivity contribution in [2.24, 2.45) is 0 Å². The average molecular weight is 391 g/mol. The predicted molar refractivity (Wildman–Crippen MR) is 111 cm³/mol. The normalized spacial score (nSPS) is 16.3. The van der Waals surface area contributed by atoms with Gasteiger partial charge in [-0.15, -0.1) is 0 Å². The Bertz CT molecular complexity index is 900. The zero-order valence-electron chi connectivity index (χ0n) is 16.4. The highest BCUT2D eigenvalue weighted by atomic mass is 16.2. The van der Waals surface area contributed by atoms with E-state index in [4.69, 9.17) is 0 Å². The Balaban J connectivity index is 1.35. The van der Waals surface area contributed by atoms with Gasteiger partial charge in [-0.25, -0.2) is 0 Å². The number of anilines is 1. The Morgan fingerprint density at radius 2 is 1.48 bits per heavy atom. The SMILES string of the molecule is O=C(Nc1ccc(C(=O)N2CCCC2)cc1)c1ccc(CN2CCCC2=O)cc1. The van der Waals surface area contributed by atoms with Crippen LogP contribution in [0.2, 0.25) is 0 Å². The molecule has 0 saturated carbocycles. The van der Waals surface area contributed by atoms with Crippen LogP contribution in [0.1, 0.15) is 52.0 Å². The fraction of sp³-hybridized carbons (Fsp3) is 0.348. The summed E-state index contributed by atoms with van der Waals surface area (Å²) in [6.45, 7) is 3.03. The van der Waals surface area contributed by atoms with Gasteiger partial charge in [0.15, 0.2) is 0 Å². The van der Waals surface area contributed by atoms with Crippen molar-refractivity contribution in [3.05, 3.63) is 65.2 Å². The van der Waals surface area contributed by atoms with Gasteiger partial charge < -0.3 is 15.1 Å². The first-order valence-corrected chi connectivity index (χ1v) is 10.2. The molecule has 0 aliphatic carbocycles. The molecule has 2 heterocycles. The van der Waals surface area contributed by atoms with Crippen LogP contribution in [0.25, 0.3) is 0 Å². The van der Waals surface area contributed by atoms with E-state index in [2.05, 4.69) is 5.32 Å². The number of rotatable bonds is 5. The third kappa shape index (κ3) is 4.47. The van der Waals surface area contributed by atoms with Gasteiger partial charge in [0.2, 0.25) is 5.91 Å². The number of hydrogen-bond donors (Lipinski definition) is 1. The minimum Gasteiger partial charge on any atom is -0.339 e. The Morgan fingerprint density at radius 1 is 0.828 bits per heavy atom. The number of carbonyl (C=O) groups excluding carboxylic acids is 3. The predicted octanol–water partition coefficient (Wildman–Crippen LogP) is 3.30. The number of nitrogens with zero attached hydrogens (tertiary/aromatic N) is 2. The molecular formula is C23H25N3O3. The summed E-state index contributed by atoms with van der Waals surface area (Å²) < 4.78 is 0. The maximum Gasteiger partial charge on any atom is 0.255 e. The smallest absolute Gasteiger partial charge is 0.255 e. The Kier molecular flexibility index (Phi) is 5.60. The molecular weight excluding hydrogens is 366 g/mol. The molecule has 1 N–H and O–H groups in total. The molecule has 0 atom stereocenters. The van der Waals surface area contributed by atoms with Crippen molar-refractivity contribution in [2.45, 2.75) is 32.2 Å². The van der Waals surface area contributed by atoms with E-state index in [1.807, 2.05) is 21.9 Å². The minimum absolute atomic E-state index is 0.0486. The molecule has 2 aromatic carbocycles. The fourth-order valence-corrected chi connectivity index (χ4v) is 3.86. The second kappa shape index (κ2) is 8.47. The number of nitrogens with one attached hydrogen (secondary N) is 1. The molecule has 150 valence electrons. The van der Waals surface area contributed by atoms with Crippen molar-refractivity contribution in [3.8, 4) is 0 Å². The summed E-state index contributed by atoms with van der Waals surface area (Å²) in [7, 11) is 0. The monoisotopic (exact) mass is 391 g/mol. The lowest BCUT2D eigenvalue weighted by Crippen LogP contribution is -2.27. The molecule has 0 bridgehead atoms. The topological polar surface area (TPSA) is 69.7 Å². The van der Waals surface area contributed by atoms with Crippen LogP contribution in [0.3, 0.4) is 0 Å². The molecule has 2 aromatic rings. The Labute approximate surface area is 170 Å². The van der Waals surface area contributed by atoms with Crippen LogP contribution >= 0.6 is 0 Å². The van der Waals surface area contributed by atoms with E-state index in [1.165, 1.54) is 0 Å². The van der Waals surface area contributed by atoms with Gasteiger partial charge >= 0.3 is 0 Å². The molecule has 2 aliphatic rings. The molecule has 29 heavy (non-hydrogen) atoms. The zero-order valence-corrected chi connectivity index (χ0v) is 16.4. The van der Waals surface area contributed by atoms with E-state index in [0.717, 1.165) is 44.5 Å². The van der Waals surface area contributed by atoms with Crippen molar-refractivity contribution in [1.29, 1.82) is 0 Å². The zero-order chi connectivity index (χ0) is 20.2. The van der Waals surface area contributed by atoms with E-state index >= 15 is 0 Å². The number of benzene rings is 2. The lowest BCUT2D eigenvalue weighted by Gasteiger charge is -2.16. The van der Waals surface area contributed by atoms with Crippen molar-refractivity contribution in [3.63, 3.8) is 0 Å². The first-order chi connectivity index (χ1) is 14.1. The number of amides is 3. The van der Waals surface area contributed by atoms with Gasteiger partial charge in [0.1, 0.15) is 0 Å². The van der Waals surface area contributed by atoms with Crippen LogP contribution in [0.5, 0.6) is 0 Å². The summed E-state index contributed by atoms with van der Waals surface area (Å²) >= 11 is 0. The summed E-state index contributed by atoms with van der Waals surface area (Å²) in [6.07, 6.45) is 3.67. The minimum atomic E-state index is -0.201. The number of hydrogen-bond acceptors (Lipinski definition) is 3. The van der Waals surface area contributed by atoms with Crippen LogP contribution in [-0.4, -0.2) is 47.2 Å². The molecule has 2 fully saturated rings. The van der Waals surface area contributed by atoms with Gasteiger partial charge in [0.25, 0.3) is 11.8 Å². The molecule has 0 radical (unpaired) electrons. The van der Waals surface area contributed by atoms with Crippen molar-refractivity contribution in [1.82, 2.24) is 9.80 Å². The molecule has 4 rings (SSSR count). The average Bonchev–Trinajstić information content (AvgIpc) is 3.41. The molecule has 2 aliphatic heterocycles. The van der Waals surface area contributed by atoms with E-state index in [1.54, 1.807) is 36.4 Å². The van der Waals surface area contributed by atoms with Crippen LogP contribution < -0.4 is 5.32 Å². The van der Waals surface area contributed by atoms with Crippen LogP contribution in [0.4, 0.5) is 5.69 Å². The summed E-state index contributed by atoms with van der Waals surface area (Å²) in [6, 6.07) is 14.4. The molecule has 6 heteroatoms. The highest BCUT2D eigenvalue weighted by Crippen LogP contribution is 2.17. The van der Waals surface area contributed by atoms with Crippen LogP contribution in [0, 0.1) is 0 Å². The van der Waals surface area contributed by atoms with Gasteiger partial charge in [-0.3, -0.25) is 14.4 Å². The molecule has 0 unspecified atom stereocenters. The summed E-state index contributed by atoms with van der Waals surface area (Å²) in [4.78, 5) is 40.3. The van der Waals surface area contributed by atoms with Crippen molar-refractivity contribution < 1.29 is 14.4 Å². The third-order valence-corrected chi connectivity index (χ3v) is 5.54. The number of likely N-dealkylation sites (tertiary alicyclic amines) is 2. The van der Waals surface area contributed by atoms with Gasteiger partial charge in [0, 0.05) is 49.4 Å². The van der Waals surface area contributed by atoms with E-state index < -0.39 is 0 Å². The summed E-state index contributed by atoms with van der Waals surface area (Å²) in [5.41, 5.74) is 2.87. The summed E-state index contributed by atoms with van der Waals surface area (Å²) in [5, 5.41) is 2.87. The van der Waals surface area contributed by atoms with Gasteiger partial charge in [0.05, 0.1) is 0 Å². The molecule has 3 amide bonds. The first-order valence-electron chi connectivity index (χ1n) is 10.2. The van der Waals surface area contributed by atoms with Gasteiger partial charge in [-0.1, -0.05) is 12.1 Å². The lowest BCUT2D eigenvalue weighted by atomic mass is 10.1. The lowest BCUT2D eigenvalue weighted by molar-refractivity contribution is -0.128. The van der Waals surface area contributed by atoms with Crippen molar-refractivity contribution >= 4 is 23.4 Å². The highest BCUT2D eigenvalue weighted by Gasteiger charge is 2.20. The first kappa shape index (κ1) is 19.2. The standard InChI is InChI=1S/C23H25N3O3/c27-21-4-3-15-26(21)16-17-5-7-18(8-6-17)22(28)24-20-11-9-19(10-12-20)23(29)25-13-1-2-14-25/h5-12H,1-4,13-16H2,(H,24,28). The maximum atomic E-state index is 12.5. The quantitative estimate of drug-likeness (QED) is 0.850. The van der Waals surface area contributed by atoms with E-state index in [-0.39, 0.29) is 17.7 Å². The second-order valence-corrected chi connectivity index (χ2v) is 7.65. The number of carbonyl (C=O) groups is 3. The molecule has 6 nitrogen and oxygen atoms in total. The molecule has 2 saturated heterocycles. The highest BCUT2D eigenvalue weighted by molar-refractivity contribution is 6.04. The van der Waals surface area contributed by atoms with Crippen molar-refractivity contribution in [2.75, 3.05) is 25.0 Å². The fourth-order valence-electron chi connectivity index (χ4n) is 3.86. The largest absolute Gasteiger partial charge is 0.339 e. The second-order valence-electron chi connectivity index (χ2n) is 7.65. The van der Waals surface area contributed by atoms with Gasteiger partial charge in [-0.05, 0) is 61.2 Å². The molecule has 0 aromatic heterocycles. The van der Waals surface area contributed by atoms with Crippen LogP contribution in [-0.2, 0) is 11.3 Å². The summed E-state index contributed by atoms with van der Waals surface area (Å²) in [5.74, 6) is 0.0401. The van der Waals surface area contributed by atoms with Gasteiger partial charge in [-0.2, -0.15) is 0 Å².